The van der Waals surface area contributed by atoms with Crippen molar-refractivity contribution in [3.05, 3.63) is 11.7 Å². The molecule has 0 aromatic carbocycles. The van der Waals surface area contributed by atoms with Gasteiger partial charge >= 0.3 is 0 Å². The Hall–Kier alpha value is -0.980. The lowest BCUT2D eigenvalue weighted by molar-refractivity contribution is 0.0334. The summed E-state index contributed by atoms with van der Waals surface area (Å²) in [5.41, 5.74) is -0.0573. The Morgan fingerprint density at radius 2 is 2.17 bits per heavy atom. The van der Waals surface area contributed by atoms with Gasteiger partial charge in [-0.25, -0.2) is 0 Å². The molecule has 23 heavy (non-hydrogen) atoms. The third kappa shape index (κ3) is 4.75. The third-order valence-electron chi connectivity index (χ3n) is 4.64. The van der Waals surface area contributed by atoms with E-state index < -0.39 is 0 Å². The minimum atomic E-state index is -0.276. The standard InChI is InChI=1S/C17H31N3O3/c1-6-22-13(3)15-19-14(23-20-15)9-18-17(11-21)8-12(2)7-16(4,5)10-17/h12-13,18,21H,6-11H2,1-5H3. The van der Waals surface area contributed by atoms with E-state index in [2.05, 4.69) is 36.2 Å². The van der Waals surface area contributed by atoms with Gasteiger partial charge in [0, 0.05) is 12.1 Å². The first-order valence-electron chi connectivity index (χ1n) is 8.59. The fourth-order valence-corrected chi connectivity index (χ4v) is 4.15. The summed E-state index contributed by atoms with van der Waals surface area (Å²) in [5.74, 6) is 1.68. The maximum atomic E-state index is 9.98. The van der Waals surface area contributed by atoms with Crippen LogP contribution >= 0.6 is 0 Å². The molecule has 1 aliphatic rings. The first-order valence-corrected chi connectivity index (χ1v) is 8.59. The maximum Gasteiger partial charge on any atom is 0.240 e. The Balaban J connectivity index is 2.00. The third-order valence-corrected chi connectivity index (χ3v) is 4.64. The lowest BCUT2D eigenvalue weighted by Crippen LogP contribution is -2.54. The first kappa shape index (κ1) is 18.4. The molecule has 0 radical (unpaired) electrons. The largest absolute Gasteiger partial charge is 0.394 e. The van der Waals surface area contributed by atoms with Crippen molar-refractivity contribution in [1.82, 2.24) is 15.5 Å². The topological polar surface area (TPSA) is 80.4 Å². The molecule has 2 N–H and O–H groups in total. The van der Waals surface area contributed by atoms with Crippen LogP contribution in [0.3, 0.4) is 0 Å². The van der Waals surface area contributed by atoms with Gasteiger partial charge in [0.05, 0.1) is 13.2 Å². The lowest BCUT2D eigenvalue weighted by Gasteiger charge is -2.47. The van der Waals surface area contributed by atoms with Gasteiger partial charge in [0.1, 0.15) is 6.10 Å². The van der Waals surface area contributed by atoms with Crippen molar-refractivity contribution >= 4 is 0 Å². The van der Waals surface area contributed by atoms with Crippen LogP contribution in [0.2, 0.25) is 0 Å². The highest BCUT2D eigenvalue weighted by Gasteiger charge is 2.42. The van der Waals surface area contributed by atoms with E-state index in [1.54, 1.807) is 0 Å². The quantitative estimate of drug-likeness (QED) is 0.802. The summed E-state index contributed by atoms with van der Waals surface area (Å²) in [6.45, 7) is 11.8. The molecule has 2 rings (SSSR count). The zero-order chi connectivity index (χ0) is 17.1. The number of ether oxygens (including phenoxy) is 1. The molecule has 0 aliphatic heterocycles. The van der Waals surface area contributed by atoms with Crippen LogP contribution in [-0.4, -0.2) is 34.0 Å². The molecule has 3 unspecified atom stereocenters. The van der Waals surface area contributed by atoms with Gasteiger partial charge in [0.25, 0.3) is 0 Å². The van der Waals surface area contributed by atoms with Crippen molar-refractivity contribution in [3.8, 4) is 0 Å². The summed E-state index contributed by atoms with van der Waals surface area (Å²) in [6.07, 6.45) is 2.92. The summed E-state index contributed by atoms with van der Waals surface area (Å²) in [7, 11) is 0. The number of hydrogen-bond donors (Lipinski definition) is 2. The normalized spacial score (nSPS) is 28.7. The molecule has 1 saturated carbocycles. The van der Waals surface area contributed by atoms with Crippen molar-refractivity contribution < 1.29 is 14.4 Å². The van der Waals surface area contributed by atoms with Gasteiger partial charge in [-0.2, -0.15) is 4.98 Å². The molecule has 1 fully saturated rings. The van der Waals surface area contributed by atoms with Gasteiger partial charge < -0.3 is 19.7 Å². The Bertz CT molecular complexity index is 503. The summed E-state index contributed by atoms with van der Waals surface area (Å²) in [6, 6.07) is 0. The number of rotatable bonds is 7. The van der Waals surface area contributed by atoms with Gasteiger partial charge in [-0.3, -0.25) is 0 Å². The Kier molecular flexibility index (Phi) is 5.81. The van der Waals surface area contributed by atoms with E-state index in [1.165, 1.54) is 6.42 Å². The number of hydrogen-bond acceptors (Lipinski definition) is 6. The Labute approximate surface area is 139 Å². The van der Waals surface area contributed by atoms with Crippen LogP contribution in [-0.2, 0) is 11.3 Å². The molecule has 3 atom stereocenters. The predicted molar refractivity (Wildman–Crippen MR) is 87.8 cm³/mol. The molecule has 6 heteroatoms. The number of aliphatic hydroxyl groups is 1. The second kappa shape index (κ2) is 7.28. The first-order chi connectivity index (χ1) is 10.8. The van der Waals surface area contributed by atoms with Crippen LogP contribution in [0.1, 0.15) is 71.7 Å². The zero-order valence-electron chi connectivity index (χ0n) is 15.1. The molecule has 0 amide bonds. The fraction of sp³-hybridized carbons (Fsp3) is 0.882. The molecule has 1 aromatic rings. The molecule has 132 valence electrons. The molecule has 0 bridgehead atoms. The van der Waals surface area contributed by atoms with E-state index in [9.17, 15) is 5.11 Å². The maximum absolute atomic E-state index is 9.98. The molecule has 6 nitrogen and oxygen atoms in total. The SMILES string of the molecule is CCOC(C)c1noc(CNC2(CO)CC(C)CC(C)(C)C2)n1. The molecule has 0 saturated heterocycles. The Morgan fingerprint density at radius 1 is 1.43 bits per heavy atom. The fourth-order valence-electron chi connectivity index (χ4n) is 4.15. The smallest absolute Gasteiger partial charge is 0.240 e. The average molecular weight is 325 g/mol. The molecular formula is C17H31N3O3. The minimum absolute atomic E-state index is 0.122. The number of nitrogens with zero attached hydrogens (tertiary/aromatic N) is 2. The van der Waals surface area contributed by atoms with Crippen LogP contribution in [0.4, 0.5) is 0 Å². The monoisotopic (exact) mass is 325 g/mol. The molecule has 1 aliphatic carbocycles. The second-order valence-corrected chi connectivity index (χ2v) is 7.79. The van der Waals surface area contributed by atoms with E-state index in [-0.39, 0.29) is 23.7 Å². The van der Waals surface area contributed by atoms with Crippen LogP contribution < -0.4 is 5.32 Å². The molecule has 1 aromatic heterocycles. The van der Waals surface area contributed by atoms with Crippen molar-refractivity contribution in [2.24, 2.45) is 11.3 Å². The van der Waals surface area contributed by atoms with Crippen LogP contribution in [0.15, 0.2) is 4.52 Å². The highest BCUT2D eigenvalue weighted by atomic mass is 16.5. The van der Waals surface area contributed by atoms with Crippen molar-refractivity contribution in [2.45, 2.75) is 72.1 Å². The number of nitrogens with one attached hydrogen (secondary N) is 1. The highest BCUT2D eigenvalue weighted by Crippen LogP contribution is 2.43. The van der Waals surface area contributed by atoms with E-state index in [0.717, 1.165) is 12.8 Å². The van der Waals surface area contributed by atoms with Crippen LogP contribution in [0, 0.1) is 11.3 Å². The van der Waals surface area contributed by atoms with Gasteiger partial charge in [0.15, 0.2) is 5.82 Å². The number of aromatic nitrogens is 2. The van der Waals surface area contributed by atoms with Gasteiger partial charge in [-0.05, 0) is 44.4 Å². The van der Waals surface area contributed by atoms with E-state index in [4.69, 9.17) is 9.26 Å². The summed E-state index contributed by atoms with van der Waals surface area (Å²) < 4.78 is 10.8. The van der Waals surface area contributed by atoms with Gasteiger partial charge in [-0.15, -0.1) is 0 Å². The van der Waals surface area contributed by atoms with Gasteiger partial charge in [-0.1, -0.05) is 25.9 Å². The minimum Gasteiger partial charge on any atom is -0.394 e. The van der Waals surface area contributed by atoms with Crippen molar-refractivity contribution in [2.75, 3.05) is 13.2 Å². The predicted octanol–water partition coefficient (Wildman–Crippen LogP) is 2.83. The van der Waals surface area contributed by atoms with Crippen molar-refractivity contribution in [3.63, 3.8) is 0 Å². The average Bonchev–Trinajstić information content (AvgIpc) is 2.92. The summed E-state index contributed by atoms with van der Waals surface area (Å²) in [5, 5.41) is 17.4. The summed E-state index contributed by atoms with van der Waals surface area (Å²) in [4.78, 5) is 4.39. The zero-order valence-corrected chi connectivity index (χ0v) is 15.1. The number of aliphatic hydroxyl groups excluding tert-OH is 1. The lowest BCUT2D eigenvalue weighted by atomic mass is 9.64. The van der Waals surface area contributed by atoms with E-state index in [0.29, 0.717) is 30.8 Å². The van der Waals surface area contributed by atoms with E-state index in [1.807, 2.05) is 13.8 Å². The van der Waals surface area contributed by atoms with E-state index >= 15 is 0 Å². The van der Waals surface area contributed by atoms with Gasteiger partial charge in [0.2, 0.25) is 5.89 Å². The molecule has 1 heterocycles. The van der Waals surface area contributed by atoms with Crippen molar-refractivity contribution in [1.29, 1.82) is 0 Å². The highest BCUT2D eigenvalue weighted by molar-refractivity contribution is 5.00. The van der Waals surface area contributed by atoms with Crippen LogP contribution in [0.25, 0.3) is 0 Å². The second-order valence-electron chi connectivity index (χ2n) is 7.79. The summed E-state index contributed by atoms with van der Waals surface area (Å²) >= 11 is 0. The van der Waals surface area contributed by atoms with Crippen LogP contribution in [0.5, 0.6) is 0 Å². The molecule has 0 spiro atoms. The Morgan fingerprint density at radius 3 is 2.78 bits per heavy atom. The molecular weight excluding hydrogens is 294 g/mol.